The van der Waals surface area contributed by atoms with Crippen molar-refractivity contribution in [2.75, 3.05) is 26.3 Å². The van der Waals surface area contributed by atoms with Gasteiger partial charge < -0.3 is 14.8 Å². The van der Waals surface area contributed by atoms with Crippen molar-refractivity contribution in [1.82, 2.24) is 5.32 Å². The lowest BCUT2D eigenvalue weighted by atomic mass is 10.1. The Morgan fingerprint density at radius 3 is 2.95 bits per heavy atom. The van der Waals surface area contributed by atoms with E-state index >= 15 is 0 Å². The van der Waals surface area contributed by atoms with Crippen LogP contribution in [-0.4, -0.2) is 38.5 Å². The predicted octanol–water partition coefficient (Wildman–Crippen LogP) is 2.79. The average molecular weight is 277 g/mol. The molecule has 1 aliphatic rings. The summed E-state index contributed by atoms with van der Waals surface area (Å²) in [7, 11) is 0. The maximum absolute atomic E-state index is 5.83. The van der Waals surface area contributed by atoms with Crippen LogP contribution in [0.5, 0.6) is 0 Å². The fourth-order valence-electron chi connectivity index (χ4n) is 2.52. The van der Waals surface area contributed by atoms with Crippen molar-refractivity contribution in [1.29, 1.82) is 0 Å². The van der Waals surface area contributed by atoms with Gasteiger partial charge in [-0.15, -0.1) is 0 Å². The summed E-state index contributed by atoms with van der Waals surface area (Å²) in [5, 5.41) is 3.44. The third kappa shape index (κ3) is 6.04. The molecule has 1 N–H and O–H groups in total. The summed E-state index contributed by atoms with van der Waals surface area (Å²) in [6, 6.07) is 10.6. The van der Waals surface area contributed by atoms with Crippen LogP contribution in [0, 0.1) is 0 Å². The van der Waals surface area contributed by atoms with Crippen molar-refractivity contribution in [3.63, 3.8) is 0 Å². The molecule has 1 saturated heterocycles. The molecule has 0 aromatic heterocycles. The van der Waals surface area contributed by atoms with Crippen molar-refractivity contribution in [3.05, 3.63) is 35.9 Å². The van der Waals surface area contributed by atoms with E-state index in [1.54, 1.807) is 0 Å². The van der Waals surface area contributed by atoms with Crippen LogP contribution in [0.4, 0.5) is 0 Å². The van der Waals surface area contributed by atoms with E-state index < -0.39 is 0 Å². The van der Waals surface area contributed by atoms with Gasteiger partial charge in [0.05, 0.1) is 12.2 Å². The number of hydrogen-bond donors (Lipinski definition) is 1. The predicted molar refractivity (Wildman–Crippen MR) is 82.0 cm³/mol. The second-order valence-electron chi connectivity index (χ2n) is 5.56. The van der Waals surface area contributed by atoms with E-state index in [4.69, 9.17) is 9.47 Å². The molecule has 0 spiro atoms. The first-order valence-electron chi connectivity index (χ1n) is 7.82. The summed E-state index contributed by atoms with van der Waals surface area (Å²) in [5.41, 5.74) is 1.39. The molecule has 2 unspecified atom stereocenters. The molecule has 0 aliphatic carbocycles. The van der Waals surface area contributed by atoms with Crippen molar-refractivity contribution in [2.45, 2.75) is 44.8 Å². The van der Waals surface area contributed by atoms with Gasteiger partial charge in [-0.25, -0.2) is 0 Å². The van der Waals surface area contributed by atoms with Gasteiger partial charge in [0.15, 0.2) is 0 Å². The fraction of sp³-hybridized carbons (Fsp3) is 0.647. The molecule has 1 aromatic rings. The SMILES string of the molecule is CC(CNCC1CCCO1)OCCCc1ccccc1. The third-order valence-electron chi connectivity index (χ3n) is 3.68. The zero-order valence-electron chi connectivity index (χ0n) is 12.5. The van der Waals surface area contributed by atoms with E-state index in [1.807, 2.05) is 0 Å². The van der Waals surface area contributed by atoms with Crippen LogP contribution < -0.4 is 5.32 Å². The highest BCUT2D eigenvalue weighted by atomic mass is 16.5. The molecule has 1 aliphatic heterocycles. The zero-order valence-corrected chi connectivity index (χ0v) is 12.5. The molecule has 112 valence electrons. The van der Waals surface area contributed by atoms with Crippen molar-refractivity contribution in [3.8, 4) is 0 Å². The molecule has 2 rings (SSSR count). The van der Waals surface area contributed by atoms with E-state index in [2.05, 4.69) is 42.6 Å². The van der Waals surface area contributed by atoms with Gasteiger partial charge in [-0.1, -0.05) is 30.3 Å². The molecule has 1 fully saturated rings. The monoisotopic (exact) mass is 277 g/mol. The number of aryl methyl sites for hydroxylation is 1. The maximum Gasteiger partial charge on any atom is 0.0700 e. The molecule has 1 aromatic carbocycles. The molecule has 20 heavy (non-hydrogen) atoms. The van der Waals surface area contributed by atoms with Gasteiger partial charge in [0, 0.05) is 26.3 Å². The van der Waals surface area contributed by atoms with Crippen LogP contribution in [0.1, 0.15) is 31.7 Å². The Labute approximate surface area is 122 Å². The Balaban J connectivity index is 1.46. The first-order chi connectivity index (χ1) is 9.84. The highest BCUT2D eigenvalue weighted by Crippen LogP contribution is 2.10. The third-order valence-corrected chi connectivity index (χ3v) is 3.68. The molecule has 2 atom stereocenters. The lowest BCUT2D eigenvalue weighted by Crippen LogP contribution is -2.33. The minimum Gasteiger partial charge on any atom is -0.377 e. The van der Waals surface area contributed by atoms with Crippen molar-refractivity contribution in [2.24, 2.45) is 0 Å². The average Bonchev–Trinajstić information content (AvgIpc) is 2.98. The smallest absolute Gasteiger partial charge is 0.0700 e. The van der Waals surface area contributed by atoms with Crippen LogP contribution in [0.25, 0.3) is 0 Å². The van der Waals surface area contributed by atoms with Crippen molar-refractivity contribution < 1.29 is 9.47 Å². The molecular weight excluding hydrogens is 250 g/mol. The van der Waals surface area contributed by atoms with E-state index in [0.717, 1.165) is 39.1 Å². The van der Waals surface area contributed by atoms with Gasteiger partial charge >= 0.3 is 0 Å². The minimum atomic E-state index is 0.271. The van der Waals surface area contributed by atoms with Crippen LogP contribution in [0.2, 0.25) is 0 Å². The molecule has 0 amide bonds. The van der Waals surface area contributed by atoms with E-state index in [9.17, 15) is 0 Å². The van der Waals surface area contributed by atoms with Crippen LogP contribution in [-0.2, 0) is 15.9 Å². The minimum absolute atomic E-state index is 0.271. The van der Waals surface area contributed by atoms with Crippen molar-refractivity contribution >= 4 is 0 Å². The lowest BCUT2D eigenvalue weighted by molar-refractivity contribution is 0.0586. The van der Waals surface area contributed by atoms with Gasteiger partial charge in [-0.3, -0.25) is 0 Å². The van der Waals surface area contributed by atoms with E-state index in [1.165, 1.54) is 18.4 Å². The highest BCUT2D eigenvalue weighted by molar-refractivity contribution is 5.14. The maximum atomic E-state index is 5.83. The normalized spacial score (nSPS) is 20.1. The Hall–Kier alpha value is -0.900. The Kier molecular flexibility index (Phi) is 7.06. The second kappa shape index (κ2) is 9.11. The number of benzene rings is 1. The van der Waals surface area contributed by atoms with Crippen LogP contribution in [0.3, 0.4) is 0 Å². The molecule has 3 nitrogen and oxygen atoms in total. The van der Waals surface area contributed by atoms with Gasteiger partial charge in [-0.2, -0.15) is 0 Å². The first-order valence-corrected chi connectivity index (χ1v) is 7.82. The fourth-order valence-corrected chi connectivity index (χ4v) is 2.52. The second-order valence-corrected chi connectivity index (χ2v) is 5.56. The number of nitrogens with one attached hydrogen (secondary N) is 1. The van der Waals surface area contributed by atoms with Gasteiger partial charge in [0.25, 0.3) is 0 Å². The Morgan fingerprint density at radius 1 is 1.35 bits per heavy atom. The summed E-state index contributed by atoms with van der Waals surface area (Å²) in [4.78, 5) is 0. The van der Waals surface area contributed by atoms with Gasteiger partial charge in [0.1, 0.15) is 0 Å². The Bertz CT molecular complexity index is 349. The summed E-state index contributed by atoms with van der Waals surface area (Å²) in [5.74, 6) is 0. The molecule has 0 radical (unpaired) electrons. The quantitative estimate of drug-likeness (QED) is 0.704. The van der Waals surface area contributed by atoms with Gasteiger partial charge in [0.2, 0.25) is 0 Å². The van der Waals surface area contributed by atoms with Gasteiger partial charge in [-0.05, 0) is 38.2 Å². The summed E-state index contributed by atoms with van der Waals surface area (Å²) >= 11 is 0. The van der Waals surface area contributed by atoms with E-state index in [-0.39, 0.29) is 6.10 Å². The molecule has 0 bridgehead atoms. The zero-order chi connectivity index (χ0) is 14.0. The molecule has 1 heterocycles. The number of hydrogen-bond acceptors (Lipinski definition) is 3. The van der Waals surface area contributed by atoms with E-state index in [0.29, 0.717) is 6.10 Å². The lowest BCUT2D eigenvalue weighted by Gasteiger charge is -2.16. The standard InChI is InChI=1S/C17H27NO2/c1-15(13-18-14-17-10-6-12-20-17)19-11-5-9-16-7-3-2-4-8-16/h2-4,7-8,15,17-18H,5-6,9-14H2,1H3. The highest BCUT2D eigenvalue weighted by Gasteiger charge is 2.14. The van der Waals surface area contributed by atoms with Crippen LogP contribution >= 0.6 is 0 Å². The molecule has 3 heteroatoms. The molecule has 0 saturated carbocycles. The Morgan fingerprint density at radius 2 is 2.20 bits per heavy atom. The summed E-state index contributed by atoms with van der Waals surface area (Å²) in [6.45, 7) is 5.75. The summed E-state index contributed by atoms with van der Waals surface area (Å²) in [6.07, 6.45) is 5.27. The topological polar surface area (TPSA) is 30.5 Å². The molecular formula is C17H27NO2. The van der Waals surface area contributed by atoms with Crippen LogP contribution in [0.15, 0.2) is 30.3 Å². The number of rotatable bonds is 9. The largest absolute Gasteiger partial charge is 0.377 e. The summed E-state index contributed by atoms with van der Waals surface area (Å²) < 4.78 is 11.4. The number of ether oxygens (including phenoxy) is 2. The first kappa shape index (κ1) is 15.5.